The topological polar surface area (TPSA) is 50.1 Å². The first-order valence-electron chi connectivity index (χ1n) is 9.62. The lowest BCUT2D eigenvalue weighted by molar-refractivity contribution is -0.141. The molecule has 0 spiro atoms. The van der Waals surface area contributed by atoms with Crippen LogP contribution in [0.5, 0.6) is 5.75 Å². The molecule has 0 amide bonds. The Labute approximate surface area is 153 Å². The first kappa shape index (κ1) is 18.8. The second-order valence-corrected chi connectivity index (χ2v) is 7.79. The highest BCUT2D eigenvalue weighted by Crippen LogP contribution is 2.46. The summed E-state index contributed by atoms with van der Waals surface area (Å²) in [5.74, 6) is -0.713. The Bertz CT molecular complexity index is 689. The number of esters is 1. The van der Waals surface area contributed by atoms with Gasteiger partial charge >= 0.3 is 5.97 Å². The Balaban J connectivity index is 1.60. The molecule has 4 atom stereocenters. The van der Waals surface area contributed by atoms with Gasteiger partial charge in [-0.15, -0.1) is 0 Å². The number of rotatable bonds is 4. The molecule has 2 aliphatic carbocycles. The molecule has 0 aromatic heterocycles. The first-order valence-corrected chi connectivity index (χ1v) is 9.62. The van der Waals surface area contributed by atoms with Crippen molar-refractivity contribution in [2.75, 3.05) is 0 Å². The van der Waals surface area contributed by atoms with Crippen LogP contribution < -0.4 is 4.74 Å². The van der Waals surface area contributed by atoms with Crippen LogP contribution in [0.4, 0.5) is 8.78 Å². The molecular formula is C21H25F2NO2. The van der Waals surface area contributed by atoms with Crippen molar-refractivity contribution in [2.45, 2.75) is 58.3 Å². The van der Waals surface area contributed by atoms with Gasteiger partial charge in [-0.05, 0) is 49.9 Å². The van der Waals surface area contributed by atoms with E-state index in [1.54, 1.807) is 0 Å². The van der Waals surface area contributed by atoms with E-state index in [0.29, 0.717) is 11.8 Å². The molecule has 2 fully saturated rings. The number of halogens is 2. The van der Waals surface area contributed by atoms with Crippen molar-refractivity contribution in [3.05, 3.63) is 29.3 Å². The number of benzene rings is 1. The maximum Gasteiger partial charge on any atom is 0.314 e. The van der Waals surface area contributed by atoms with Crippen LogP contribution in [0.3, 0.4) is 0 Å². The Kier molecular flexibility index (Phi) is 5.90. The molecule has 26 heavy (non-hydrogen) atoms. The van der Waals surface area contributed by atoms with Gasteiger partial charge in [0.05, 0.1) is 5.92 Å². The van der Waals surface area contributed by atoms with Crippen LogP contribution >= 0.6 is 0 Å². The molecule has 1 aromatic rings. The minimum Gasteiger partial charge on any atom is -0.426 e. The zero-order valence-electron chi connectivity index (χ0n) is 15.1. The number of fused-ring (bicyclic) bond motifs is 1. The number of ether oxygens (including phenoxy) is 1. The molecule has 0 N–H and O–H groups in total. The number of hydrogen-bond donors (Lipinski definition) is 0. The molecule has 2 unspecified atom stereocenters. The van der Waals surface area contributed by atoms with Crippen LogP contribution in [0.1, 0.15) is 63.9 Å². The van der Waals surface area contributed by atoms with E-state index in [9.17, 15) is 13.6 Å². The Morgan fingerprint density at radius 3 is 2.46 bits per heavy atom. The molecule has 0 heterocycles. The second kappa shape index (κ2) is 8.16. The second-order valence-electron chi connectivity index (χ2n) is 7.79. The summed E-state index contributed by atoms with van der Waals surface area (Å²) in [6.45, 7) is 2.23. The lowest BCUT2D eigenvalue weighted by Gasteiger charge is -2.41. The van der Waals surface area contributed by atoms with Gasteiger partial charge in [-0.25, -0.2) is 8.78 Å². The third-order valence-electron chi connectivity index (χ3n) is 6.10. The molecule has 3 rings (SSSR count). The normalized spacial score (nSPS) is 28.1. The van der Waals surface area contributed by atoms with Gasteiger partial charge in [-0.3, -0.25) is 4.79 Å². The summed E-state index contributed by atoms with van der Waals surface area (Å²) < 4.78 is 32.6. The predicted octanol–water partition coefficient (Wildman–Crippen LogP) is 5.37. The SMILES string of the molecule is CCCC1CCC2C[C@H](C(=O)Oc3cc(F)c(C#N)c(F)c3)CC[C@@H]2C1. The van der Waals surface area contributed by atoms with Crippen molar-refractivity contribution in [1.82, 2.24) is 0 Å². The first-order chi connectivity index (χ1) is 12.5. The van der Waals surface area contributed by atoms with Gasteiger partial charge in [0.15, 0.2) is 0 Å². The minimum atomic E-state index is -1.01. The number of carbonyl (C=O) groups excluding carboxylic acids is 1. The van der Waals surface area contributed by atoms with E-state index in [2.05, 4.69) is 6.92 Å². The van der Waals surface area contributed by atoms with Crippen LogP contribution in [-0.2, 0) is 4.79 Å². The summed E-state index contributed by atoms with van der Waals surface area (Å²) in [6, 6.07) is 3.27. The minimum absolute atomic E-state index is 0.169. The molecule has 5 heteroatoms. The van der Waals surface area contributed by atoms with E-state index >= 15 is 0 Å². The maximum absolute atomic E-state index is 13.7. The van der Waals surface area contributed by atoms with Crippen molar-refractivity contribution >= 4 is 5.97 Å². The van der Waals surface area contributed by atoms with Crippen molar-refractivity contribution in [2.24, 2.45) is 23.7 Å². The van der Waals surface area contributed by atoms with Crippen LogP contribution in [0.2, 0.25) is 0 Å². The largest absolute Gasteiger partial charge is 0.426 e. The van der Waals surface area contributed by atoms with Gasteiger partial charge in [-0.1, -0.05) is 26.2 Å². The van der Waals surface area contributed by atoms with Gasteiger partial charge in [0.1, 0.15) is 29.0 Å². The van der Waals surface area contributed by atoms with E-state index in [-0.39, 0.29) is 11.7 Å². The van der Waals surface area contributed by atoms with Gasteiger partial charge < -0.3 is 4.74 Å². The number of hydrogen-bond acceptors (Lipinski definition) is 3. The standard InChI is InChI=1S/C21H25F2NO2/c1-2-3-13-4-5-15-9-16(7-6-14(15)8-13)21(25)26-17-10-19(22)18(12-24)20(23)11-17/h10-11,13-16H,2-9H2,1H3/t13?,14-,15?,16-/m1/s1. The van der Waals surface area contributed by atoms with Crippen LogP contribution in [-0.4, -0.2) is 5.97 Å². The lowest BCUT2D eigenvalue weighted by Crippen LogP contribution is -2.35. The fourth-order valence-electron chi connectivity index (χ4n) is 4.79. The summed E-state index contributed by atoms with van der Waals surface area (Å²) in [5.41, 5.74) is -0.658. The molecule has 0 aliphatic heterocycles. The van der Waals surface area contributed by atoms with Crippen molar-refractivity contribution < 1.29 is 18.3 Å². The third-order valence-corrected chi connectivity index (χ3v) is 6.10. The maximum atomic E-state index is 13.7. The highest BCUT2D eigenvalue weighted by atomic mass is 19.1. The average Bonchev–Trinajstić information content (AvgIpc) is 2.61. The molecule has 2 aliphatic rings. The fraction of sp³-hybridized carbons (Fsp3) is 0.619. The molecule has 3 nitrogen and oxygen atoms in total. The van der Waals surface area contributed by atoms with Crippen LogP contribution in [0.25, 0.3) is 0 Å². The molecule has 1 aromatic carbocycles. The molecule has 2 saturated carbocycles. The summed E-state index contributed by atoms with van der Waals surface area (Å²) in [7, 11) is 0. The van der Waals surface area contributed by atoms with Crippen LogP contribution in [0.15, 0.2) is 12.1 Å². The molecular weight excluding hydrogens is 336 g/mol. The van der Waals surface area contributed by atoms with Gasteiger partial charge in [0.2, 0.25) is 0 Å². The highest BCUT2D eigenvalue weighted by Gasteiger charge is 2.38. The zero-order chi connectivity index (χ0) is 18.7. The lowest BCUT2D eigenvalue weighted by atomic mass is 9.64. The van der Waals surface area contributed by atoms with Gasteiger partial charge in [-0.2, -0.15) is 5.26 Å². The summed E-state index contributed by atoms with van der Waals surface area (Å²) in [5, 5.41) is 8.70. The zero-order valence-corrected chi connectivity index (χ0v) is 15.1. The monoisotopic (exact) mass is 361 g/mol. The van der Waals surface area contributed by atoms with E-state index in [4.69, 9.17) is 10.00 Å². The van der Waals surface area contributed by atoms with E-state index in [1.807, 2.05) is 0 Å². The van der Waals surface area contributed by atoms with Gasteiger partial charge in [0, 0.05) is 12.1 Å². The number of nitriles is 1. The molecule has 0 bridgehead atoms. The van der Waals surface area contributed by atoms with Gasteiger partial charge in [0.25, 0.3) is 0 Å². The predicted molar refractivity (Wildman–Crippen MR) is 93.3 cm³/mol. The highest BCUT2D eigenvalue weighted by molar-refractivity contribution is 5.75. The third kappa shape index (κ3) is 4.06. The summed E-state index contributed by atoms with van der Waals surface area (Å²) in [4.78, 5) is 12.5. The van der Waals surface area contributed by atoms with E-state index in [1.165, 1.54) is 38.2 Å². The number of nitrogens with zero attached hydrogens (tertiary/aromatic N) is 1. The Morgan fingerprint density at radius 1 is 1.15 bits per heavy atom. The molecule has 0 radical (unpaired) electrons. The Hall–Kier alpha value is -1.96. The number of carbonyl (C=O) groups is 1. The smallest absolute Gasteiger partial charge is 0.314 e. The molecule has 140 valence electrons. The summed E-state index contributed by atoms with van der Waals surface area (Å²) >= 11 is 0. The Morgan fingerprint density at radius 2 is 1.81 bits per heavy atom. The van der Waals surface area contributed by atoms with Crippen LogP contribution in [0, 0.1) is 46.6 Å². The quantitative estimate of drug-likeness (QED) is 0.535. The average molecular weight is 361 g/mol. The van der Waals surface area contributed by atoms with E-state index < -0.39 is 23.2 Å². The fourth-order valence-corrected chi connectivity index (χ4v) is 4.79. The van der Waals surface area contributed by atoms with Crippen molar-refractivity contribution in [3.8, 4) is 11.8 Å². The van der Waals surface area contributed by atoms with E-state index in [0.717, 1.165) is 37.3 Å². The molecule has 0 saturated heterocycles. The van der Waals surface area contributed by atoms with Crippen molar-refractivity contribution in [3.63, 3.8) is 0 Å². The van der Waals surface area contributed by atoms with Crippen molar-refractivity contribution in [1.29, 1.82) is 5.26 Å². The summed E-state index contributed by atoms with van der Waals surface area (Å²) in [6.07, 6.45) is 8.82.